The second-order valence-electron chi connectivity index (χ2n) is 3.24. The summed E-state index contributed by atoms with van der Waals surface area (Å²) >= 11 is 0. The molecule has 10 heavy (non-hydrogen) atoms. The highest BCUT2D eigenvalue weighted by molar-refractivity contribution is 5.84. The van der Waals surface area contributed by atoms with E-state index in [0.29, 0.717) is 6.54 Å². The summed E-state index contributed by atoms with van der Waals surface area (Å²) in [6.45, 7) is 3.25. The molecule has 1 atom stereocenters. The Morgan fingerprint density at radius 2 is 2.40 bits per heavy atom. The topological polar surface area (TPSA) is 46.3 Å². The Bertz CT molecular complexity index is 158. The molecule has 0 bridgehead atoms. The number of nitrogens with zero attached hydrogens (tertiary/aromatic N) is 1. The van der Waals surface area contributed by atoms with Gasteiger partial charge in [-0.2, -0.15) is 0 Å². The maximum absolute atomic E-state index is 11.3. The summed E-state index contributed by atoms with van der Waals surface area (Å²) in [5, 5.41) is 0. The minimum atomic E-state index is -0.269. The van der Waals surface area contributed by atoms with Crippen LogP contribution in [0, 0.1) is 5.41 Å². The molecule has 1 heterocycles. The molecule has 3 nitrogen and oxygen atoms in total. The van der Waals surface area contributed by atoms with Gasteiger partial charge in [0.25, 0.3) is 0 Å². The summed E-state index contributed by atoms with van der Waals surface area (Å²) in [7, 11) is 1.82. The van der Waals surface area contributed by atoms with Crippen LogP contribution in [0.4, 0.5) is 0 Å². The van der Waals surface area contributed by atoms with Gasteiger partial charge in [-0.05, 0) is 13.3 Å². The predicted molar refractivity (Wildman–Crippen MR) is 39.4 cm³/mol. The summed E-state index contributed by atoms with van der Waals surface area (Å²) < 4.78 is 0. The van der Waals surface area contributed by atoms with E-state index in [-0.39, 0.29) is 11.3 Å². The SMILES string of the molecule is CN1CC[C@](C)(CN)C1=O. The molecule has 1 saturated heterocycles. The van der Waals surface area contributed by atoms with Gasteiger partial charge in [0, 0.05) is 20.1 Å². The first-order chi connectivity index (χ1) is 4.60. The maximum atomic E-state index is 11.3. The van der Waals surface area contributed by atoms with Crippen LogP contribution >= 0.6 is 0 Å². The lowest BCUT2D eigenvalue weighted by molar-refractivity contribution is -0.133. The molecular formula is C7H14N2O. The molecule has 1 aliphatic rings. The zero-order valence-electron chi connectivity index (χ0n) is 6.55. The highest BCUT2D eigenvalue weighted by Crippen LogP contribution is 2.28. The first-order valence-corrected chi connectivity index (χ1v) is 3.56. The van der Waals surface area contributed by atoms with Crippen LogP contribution in [0.25, 0.3) is 0 Å². The van der Waals surface area contributed by atoms with Crippen molar-refractivity contribution >= 4 is 5.91 Å². The normalized spacial score (nSPS) is 33.5. The van der Waals surface area contributed by atoms with Gasteiger partial charge >= 0.3 is 0 Å². The third-order valence-electron chi connectivity index (χ3n) is 2.31. The fourth-order valence-electron chi connectivity index (χ4n) is 1.27. The standard InChI is InChI=1S/C7H14N2O/c1-7(5-8)3-4-9(2)6(7)10/h3-5,8H2,1-2H3/t7-/m1/s1. The second kappa shape index (κ2) is 2.23. The molecule has 1 aliphatic heterocycles. The molecule has 0 spiro atoms. The Morgan fingerprint density at radius 1 is 1.80 bits per heavy atom. The van der Waals surface area contributed by atoms with Crippen LogP contribution in [-0.4, -0.2) is 30.9 Å². The monoisotopic (exact) mass is 142 g/mol. The van der Waals surface area contributed by atoms with Crippen LogP contribution in [0.3, 0.4) is 0 Å². The first kappa shape index (κ1) is 7.54. The number of hydrogen-bond donors (Lipinski definition) is 1. The fraction of sp³-hybridized carbons (Fsp3) is 0.857. The Labute approximate surface area is 61.2 Å². The van der Waals surface area contributed by atoms with Crippen molar-refractivity contribution in [3.8, 4) is 0 Å². The molecule has 0 unspecified atom stereocenters. The van der Waals surface area contributed by atoms with E-state index in [9.17, 15) is 4.79 Å². The minimum absolute atomic E-state index is 0.190. The molecular weight excluding hydrogens is 128 g/mol. The van der Waals surface area contributed by atoms with E-state index < -0.39 is 0 Å². The summed E-state index contributed by atoms with van der Waals surface area (Å²) in [6.07, 6.45) is 0.902. The molecule has 1 rings (SSSR count). The van der Waals surface area contributed by atoms with Crippen LogP contribution < -0.4 is 5.73 Å². The van der Waals surface area contributed by atoms with Crippen LogP contribution in [0.15, 0.2) is 0 Å². The highest BCUT2D eigenvalue weighted by atomic mass is 16.2. The van der Waals surface area contributed by atoms with E-state index in [1.54, 1.807) is 4.90 Å². The van der Waals surface area contributed by atoms with E-state index in [1.807, 2.05) is 14.0 Å². The Balaban J connectivity index is 2.73. The molecule has 2 N–H and O–H groups in total. The average molecular weight is 142 g/mol. The Morgan fingerprint density at radius 3 is 2.60 bits per heavy atom. The van der Waals surface area contributed by atoms with Crippen molar-refractivity contribution in [3.63, 3.8) is 0 Å². The molecule has 0 aromatic carbocycles. The van der Waals surface area contributed by atoms with Gasteiger partial charge in [-0.1, -0.05) is 0 Å². The summed E-state index contributed by atoms with van der Waals surface area (Å²) in [4.78, 5) is 13.0. The van der Waals surface area contributed by atoms with Crippen LogP contribution in [0.2, 0.25) is 0 Å². The third-order valence-corrected chi connectivity index (χ3v) is 2.31. The van der Waals surface area contributed by atoms with E-state index in [1.165, 1.54) is 0 Å². The summed E-state index contributed by atoms with van der Waals surface area (Å²) in [5.74, 6) is 0.190. The Kier molecular flexibility index (Phi) is 1.68. The summed E-state index contributed by atoms with van der Waals surface area (Å²) in [5.41, 5.74) is 5.20. The number of carbonyl (C=O) groups is 1. The number of amides is 1. The number of likely N-dealkylation sites (tertiary alicyclic amines) is 1. The molecule has 1 fully saturated rings. The van der Waals surface area contributed by atoms with Crippen molar-refractivity contribution in [1.82, 2.24) is 4.90 Å². The van der Waals surface area contributed by atoms with Crippen molar-refractivity contribution in [2.45, 2.75) is 13.3 Å². The Hall–Kier alpha value is -0.570. The predicted octanol–water partition coefficient (Wildman–Crippen LogP) is -0.186. The van der Waals surface area contributed by atoms with Crippen LogP contribution in [0.1, 0.15) is 13.3 Å². The zero-order valence-corrected chi connectivity index (χ0v) is 6.55. The largest absolute Gasteiger partial charge is 0.345 e. The molecule has 58 valence electrons. The van der Waals surface area contributed by atoms with Gasteiger partial charge in [0.05, 0.1) is 5.41 Å². The highest BCUT2D eigenvalue weighted by Gasteiger charge is 2.39. The van der Waals surface area contributed by atoms with Crippen LogP contribution in [-0.2, 0) is 4.79 Å². The minimum Gasteiger partial charge on any atom is -0.345 e. The number of rotatable bonds is 1. The maximum Gasteiger partial charge on any atom is 0.229 e. The lowest BCUT2D eigenvalue weighted by atomic mass is 9.89. The third kappa shape index (κ3) is 0.904. The summed E-state index contributed by atoms with van der Waals surface area (Å²) in [6, 6.07) is 0. The van der Waals surface area contributed by atoms with Gasteiger partial charge < -0.3 is 10.6 Å². The van der Waals surface area contributed by atoms with Crippen molar-refractivity contribution in [2.75, 3.05) is 20.1 Å². The quantitative estimate of drug-likeness (QED) is 0.551. The molecule has 0 saturated carbocycles. The fourth-order valence-corrected chi connectivity index (χ4v) is 1.27. The molecule has 3 heteroatoms. The molecule has 1 amide bonds. The average Bonchev–Trinajstić information content (AvgIpc) is 2.19. The molecule has 0 radical (unpaired) electrons. The molecule has 0 aromatic rings. The zero-order chi connectivity index (χ0) is 7.78. The first-order valence-electron chi connectivity index (χ1n) is 3.56. The van der Waals surface area contributed by atoms with E-state index in [4.69, 9.17) is 5.73 Å². The van der Waals surface area contributed by atoms with Gasteiger partial charge in [-0.15, -0.1) is 0 Å². The van der Waals surface area contributed by atoms with Crippen molar-refractivity contribution in [1.29, 1.82) is 0 Å². The number of nitrogens with two attached hydrogens (primary N) is 1. The number of carbonyl (C=O) groups excluding carboxylic acids is 1. The van der Waals surface area contributed by atoms with Crippen molar-refractivity contribution in [3.05, 3.63) is 0 Å². The van der Waals surface area contributed by atoms with Crippen LogP contribution in [0.5, 0.6) is 0 Å². The smallest absolute Gasteiger partial charge is 0.229 e. The van der Waals surface area contributed by atoms with E-state index in [2.05, 4.69) is 0 Å². The van der Waals surface area contributed by atoms with Gasteiger partial charge in [-0.3, -0.25) is 4.79 Å². The second-order valence-corrected chi connectivity index (χ2v) is 3.24. The lowest BCUT2D eigenvalue weighted by Crippen LogP contribution is -2.35. The van der Waals surface area contributed by atoms with E-state index >= 15 is 0 Å². The molecule has 0 aromatic heterocycles. The van der Waals surface area contributed by atoms with Gasteiger partial charge in [0.1, 0.15) is 0 Å². The van der Waals surface area contributed by atoms with E-state index in [0.717, 1.165) is 13.0 Å². The van der Waals surface area contributed by atoms with Gasteiger partial charge in [0.15, 0.2) is 0 Å². The van der Waals surface area contributed by atoms with Crippen molar-refractivity contribution < 1.29 is 4.79 Å². The molecule has 0 aliphatic carbocycles. The van der Waals surface area contributed by atoms with Gasteiger partial charge in [0.2, 0.25) is 5.91 Å². The number of hydrogen-bond acceptors (Lipinski definition) is 2. The van der Waals surface area contributed by atoms with Gasteiger partial charge in [-0.25, -0.2) is 0 Å². The lowest BCUT2D eigenvalue weighted by Gasteiger charge is -2.18. The van der Waals surface area contributed by atoms with Crippen molar-refractivity contribution in [2.24, 2.45) is 11.1 Å².